The first-order valence-electron chi connectivity index (χ1n) is 12.6. The quantitative estimate of drug-likeness (QED) is 0.384. The number of thioether (sulfide) groups is 1. The van der Waals surface area contributed by atoms with E-state index >= 15 is 0 Å². The molecule has 0 saturated carbocycles. The van der Waals surface area contributed by atoms with Crippen LogP contribution in [-0.2, 0) is 9.31 Å². The fourth-order valence-corrected chi connectivity index (χ4v) is 7.70. The third-order valence-electron chi connectivity index (χ3n) is 7.91. The highest BCUT2D eigenvalue weighted by molar-refractivity contribution is 7.99. The van der Waals surface area contributed by atoms with Gasteiger partial charge in [0.15, 0.2) is 0 Å². The fourth-order valence-electron chi connectivity index (χ4n) is 5.78. The Morgan fingerprint density at radius 1 is 1.22 bits per heavy atom. The van der Waals surface area contributed by atoms with Gasteiger partial charge in [-0.15, -0.1) is 0 Å². The Morgan fingerprint density at radius 3 is 2.78 bits per heavy atom. The van der Waals surface area contributed by atoms with Crippen molar-refractivity contribution >= 4 is 40.9 Å². The highest BCUT2D eigenvalue weighted by atomic mass is 32.2. The lowest BCUT2D eigenvalue weighted by Gasteiger charge is -2.40. The summed E-state index contributed by atoms with van der Waals surface area (Å²) in [5, 5.41) is 13.7. The van der Waals surface area contributed by atoms with Crippen molar-refractivity contribution in [3.63, 3.8) is 0 Å². The van der Waals surface area contributed by atoms with Crippen LogP contribution in [0.4, 0.5) is 5.69 Å². The van der Waals surface area contributed by atoms with Crippen molar-refractivity contribution in [2.45, 2.75) is 38.4 Å². The SMILES string of the molecule is CC[C@]12CSC[C@@]1(C(C)C)OB(c1cc(-c3ccc4c(N)cnnc4c3)c(-n3cccn3)cc1OC)O2. The van der Waals surface area contributed by atoms with Crippen LogP contribution in [0.5, 0.6) is 5.75 Å². The molecule has 0 unspecified atom stereocenters. The van der Waals surface area contributed by atoms with Gasteiger partial charge in [0.1, 0.15) is 5.75 Å². The van der Waals surface area contributed by atoms with E-state index in [9.17, 15) is 0 Å². The number of hydrogen-bond donors (Lipinski definition) is 1. The van der Waals surface area contributed by atoms with Crippen LogP contribution in [0.2, 0.25) is 0 Å². The van der Waals surface area contributed by atoms with E-state index in [-0.39, 0.29) is 11.2 Å². The molecule has 10 heteroatoms. The van der Waals surface area contributed by atoms with Crippen molar-refractivity contribution in [1.82, 2.24) is 20.0 Å². The summed E-state index contributed by atoms with van der Waals surface area (Å²) in [5.41, 5.74) is 10.4. The molecule has 2 aliphatic heterocycles. The lowest BCUT2D eigenvalue weighted by atomic mass is 9.76. The first-order valence-corrected chi connectivity index (χ1v) is 13.7. The Kier molecular flexibility index (Phi) is 5.93. The lowest BCUT2D eigenvalue weighted by molar-refractivity contribution is -0.0422. The largest absolute Gasteiger partial charge is 0.498 e. The average molecular weight is 515 g/mol. The van der Waals surface area contributed by atoms with E-state index in [2.05, 4.69) is 42.1 Å². The van der Waals surface area contributed by atoms with Gasteiger partial charge < -0.3 is 19.8 Å². The second kappa shape index (κ2) is 9.04. The molecule has 37 heavy (non-hydrogen) atoms. The van der Waals surface area contributed by atoms with Crippen molar-refractivity contribution < 1.29 is 14.0 Å². The minimum atomic E-state index is -0.542. The number of methoxy groups -OCH3 is 1. The first-order chi connectivity index (χ1) is 17.9. The molecule has 2 saturated heterocycles. The molecule has 2 aliphatic rings. The average Bonchev–Trinajstić information content (AvgIpc) is 3.63. The third-order valence-corrected chi connectivity index (χ3v) is 9.22. The smallest absolute Gasteiger partial charge is 0.497 e. The third kappa shape index (κ3) is 3.65. The molecule has 6 rings (SSSR count). The lowest BCUT2D eigenvalue weighted by Crippen LogP contribution is -2.54. The molecule has 0 spiro atoms. The molecule has 0 bridgehead atoms. The van der Waals surface area contributed by atoms with Crippen LogP contribution >= 0.6 is 11.8 Å². The Bertz CT molecular complexity index is 1470. The minimum absolute atomic E-state index is 0.311. The minimum Gasteiger partial charge on any atom is -0.497 e. The summed E-state index contributed by atoms with van der Waals surface area (Å²) in [5.74, 6) is 2.84. The summed E-state index contributed by atoms with van der Waals surface area (Å²) in [7, 11) is 1.14. The summed E-state index contributed by atoms with van der Waals surface area (Å²) in [4.78, 5) is 0. The van der Waals surface area contributed by atoms with Gasteiger partial charge >= 0.3 is 7.12 Å². The summed E-state index contributed by atoms with van der Waals surface area (Å²) < 4.78 is 21.5. The summed E-state index contributed by atoms with van der Waals surface area (Å²) in [6.45, 7) is 6.65. The van der Waals surface area contributed by atoms with Crippen LogP contribution in [0.15, 0.2) is 55.0 Å². The van der Waals surface area contributed by atoms with Crippen LogP contribution in [0.3, 0.4) is 0 Å². The van der Waals surface area contributed by atoms with Crippen LogP contribution in [0.1, 0.15) is 27.2 Å². The van der Waals surface area contributed by atoms with Crippen molar-refractivity contribution in [3.05, 3.63) is 55.0 Å². The number of aromatic nitrogens is 4. The number of rotatable bonds is 6. The molecular formula is C27H30BN5O3S. The van der Waals surface area contributed by atoms with Gasteiger partial charge in [-0.2, -0.15) is 27.1 Å². The highest BCUT2D eigenvalue weighted by Gasteiger charge is 2.65. The number of nitrogens with two attached hydrogens (primary N) is 1. The number of hydrogen-bond acceptors (Lipinski definition) is 8. The zero-order chi connectivity index (χ0) is 25.8. The van der Waals surface area contributed by atoms with Gasteiger partial charge in [-0.05, 0) is 42.2 Å². The Balaban J connectivity index is 1.53. The number of ether oxygens (including phenoxy) is 1. The summed E-state index contributed by atoms with van der Waals surface area (Å²) in [6, 6.07) is 12.0. The molecule has 0 amide bonds. The zero-order valence-corrected chi connectivity index (χ0v) is 22.3. The monoisotopic (exact) mass is 515 g/mol. The van der Waals surface area contributed by atoms with Crippen molar-refractivity contribution in [2.24, 2.45) is 5.92 Å². The topological polar surface area (TPSA) is 97.3 Å². The number of fused-ring (bicyclic) bond motifs is 2. The molecule has 0 radical (unpaired) electrons. The Labute approximate surface area is 221 Å². The first kappa shape index (κ1) is 24.3. The Hall–Kier alpha value is -3.08. The van der Waals surface area contributed by atoms with Gasteiger partial charge in [0.25, 0.3) is 0 Å². The molecule has 2 aromatic heterocycles. The van der Waals surface area contributed by atoms with Gasteiger partial charge in [-0.1, -0.05) is 26.8 Å². The maximum absolute atomic E-state index is 6.88. The molecule has 0 aliphatic carbocycles. The molecular weight excluding hydrogens is 485 g/mol. The molecule has 2 N–H and O–H groups in total. The van der Waals surface area contributed by atoms with Gasteiger partial charge in [0.05, 0.1) is 41.4 Å². The van der Waals surface area contributed by atoms with E-state index in [4.69, 9.17) is 19.8 Å². The van der Waals surface area contributed by atoms with E-state index in [1.54, 1.807) is 19.5 Å². The van der Waals surface area contributed by atoms with Gasteiger partial charge in [0, 0.05) is 46.4 Å². The standard InChI is InChI=1S/C27H30BN5O3S/c1-5-26-15-37-16-27(26,17(2)3)36-28(35-26)21-12-20(24(13-25(21)34-4)33-10-6-9-31-33)18-7-8-19-22(29)14-30-32-23(19)11-18/h6-14,17H,5,15-16H2,1-4H3,(H2,29,32)/t26-,27-/m0/s1. The molecule has 2 atom stereocenters. The van der Waals surface area contributed by atoms with Gasteiger partial charge in [-0.25, -0.2) is 4.68 Å². The van der Waals surface area contributed by atoms with E-state index < -0.39 is 7.12 Å². The number of benzene rings is 2. The van der Waals surface area contributed by atoms with Crippen molar-refractivity contribution in [1.29, 1.82) is 0 Å². The number of nitrogens with zero attached hydrogens (tertiary/aromatic N) is 4. The number of nitrogen functional groups attached to an aromatic ring is 1. The zero-order valence-electron chi connectivity index (χ0n) is 21.5. The molecule has 4 heterocycles. The molecule has 8 nitrogen and oxygen atoms in total. The number of anilines is 1. The highest BCUT2D eigenvalue weighted by Crippen LogP contribution is 2.53. The van der Waals surface area contributed by atoms with Crippen molar-refractivity contribution in [2.75, 3.05) is 24.3 Å². The fraction of sp³-hybridized carbons (Fsp3) is 0.370. The predicted molar refractivity (Wildman–Crippen MR) is 149 cm³/mol. The van der Waals surface area contributed by atoms with Crippen LogP contribution < -0.4 is 15.9 Å². The van der Waals surface area contributed by atoms with E-state index in [1.165, 1.54) is 0 Å². The van der Waals surface area contributed by atoms with Gasteiger partial charge in [0.2, 0.25) is 0 Å². The molecule has 4 aromatic rings. The molecule has 190 valence electrons. The van der Waals surface area contributed by atoms with Crippen molar-refractivity contribution in [3.8, 4) is 22.6 Å². The van der Waals surface area contributed by atoms with Crippen LogP contribution in [0.25, 0.3) is 27.7 Å². The Morgan fingerprint density at radius 2 is 2.08 bits per heavy atom. The van der Waals surface area contributed by atoms with E-state index in [0.717, 1.165) is 51.1 Å². The normalized spacial score (nSPS) is 23.2. The second-order valence-corrected chi connectivity index (χ2v) is 11.0. The van der Waals surface area contributed by atoms with E-state index in [1.807, 2.05) is 53.0 Å². The molecule has 2 fully saturated rings. The summed E-state index contributed by atoms with van der Waals surface area (Å²) in [6.07, 6.45) is 6.14. The van der Waals surface area contributed by atoms with E-state index in [0.29, 0.717) is 17.4 Å². The predicted octanol–water partition coefficient (Wildman–Crippen LogP) is 4.11. The summed E-state index contributed by atoms with van der Waals surface area (Å²) >= 11 is 1.91. The van der Waals surface area contributed by atoms with Crippen LogP contribution in [0, 0.1) is 5.92 Å². The van der Waals surface area contributed by atoms with Crippen LogP contribution in [-0.4, -0.2) is 56.9 Å². The maximum atomic E-state index is 6.88. The van der Waals surface area contributed by atoms with Gasteiger partial charge in [-0.3, -0.25) is 0 Å². The maximum Gasteiger partial charge on any atom is 0.498 e. The molecule has 2 aromatic carbocycles. The second-order valence-electron chi connectivity index (χ2n) is 10.0.